The van der Waals surface area contributed by atoms with Gasteiger partial charge in [0.05, 0.1) is 11.6 Å². The lowest BCUT2D eigenvalue weighted by Crippen LogP contribution is -2.54. The molecule has 1 fully saturated rings. The van der Waals surface area contributed by atoms with E-state index in [4.69, 9.17) is 9.47 Å². The van der Waals surface area contributed by atoms with Gasteiger partial charge in [-0.1, -0.05) is 13.8 Å². The number of nitrogens with zero attached hydrogens (tertiary/aromatic N) is 1. The first-order valence-electron chi connectivity index (χ1n) is 12.5. The van der Waals surface area contributed by atoms with E-state index in [2.05, 4.69) is 20.9 Å². The predicted octanol–water partition coefficient (Wildman–Crippen LogP) is 2.15. The standard InChI is InChI=1S/C26H38N4O7/c1-16(2)12-20(30-25(35)37-26(3,4)5)23(33)29-19(13-17-8-7-11-28-22(17)32)21(31)15-36-24(34)18-9-6-10-27-14-18/h6,9-10,14,16-17,19-20H,7-8,11-13,15H2,1-5H3,(H,28,32)(H,29,33)(H,30,35)/t17-,19-,20-/m0/s1. The first-order valence-corrected chi connectivity index (χ1v) is 12.5. The van der Waals surface area contributed by atoms with Crippen LogP contribution in [-0.2, 0) is 23.9 Å². The van der Waals surface area contributed by atoms with Gasteiger partial charge in [0.1, 0.15) is 11.6 Å². The molecule has 0 unspecified atom stereocenters. The number of piperidine rings is 1. The van der Waals surface area contributed by atoms with Crippen LogP contribution in [0.1, 0.15) is 70.7 Å². The molecule has 1 aromatic rings. The van der Waals surface area contributed by atoms with Crippen LogP contribution in [-0.4, -0.2) is 65.5 Å². The Morgan fingerprint density at radius 3 is 2.49 bits per heavy atom. The number of ether oxygens (including phenoxy) is 2. The fourth-order valence-corrected chi connectivity index (χ4v) is 3.84. The molecule has 1 aliphatic rings. The number of nitrogens with one attached hydrogen (secondary N) is 3. The van der Waals surface area contributed by atoms with Crippen molar-refractivity contribution in [2.75, 3.05) is 13.2 Å². The Morgan fingerprint density at radius 1 is 1.16 bits per heavy atom. The lowest BCUT2D eigenvalue weighted by molar-refractivity contribution is -0.133. The van der Waals surface area contributed by atoms with Gasteiger partial charge in [-0.2, -0.15) is 0 Å². The minimum atomic E-state index is -1.10. The molecule has 11 heteroatoms. The molecule has 2 rings (SSSR count). The molecule has 2 heterocycles. The number of ketones is 1. The molecule has 1 saturated heterocycles. The van der Waals surface area contributed by atoms with Crippen LogP contribution in [0.5, 0.6) is 0 Å². The average Bonchev–Trinajstić information content (AvgIpc) is 2.81. The van der Waals surface area contributed by atoms with Gasteiger partial charge in [0.2, 0.25) is 11.8 Å². The second kappa shape index (κ2) is 13.7. The zero-order valence-electron chi connectivity index (χ0n) is 22.2. The number of hydrogen-bond donors (Lipinski definition) is 3. The smallest absolute Gasteiger partial charge is 0.408 e. The predicted molar refractivity (Wildman–Crippen MR) is 134 cm³/mol. The van der Waals surface area contributed by atoms with E-state index in [0.717, 1.165) is 6.42 Å². The van der Waals surface area contributed by atoms with Gasteiger partial charge in [-0.25, -0.2) is 9.59 Å². The van der Waals surface area contributed by atoms with E-state index in [1.807, 2.05) is 13.8 Å². The van der Waals surface area contributed by atoms with Crippen LogP contribution < -0.4 is 16.0 Å². The fourth-order valence-electron chi connectivity index (χ4n) is 3.84. The van der Waals surface area contributed by atoms with Crippen LogP contribution in [0.3, 0.4) is 0 Å². The molecule has 0 saturated carbocycles. The highest BCUT2D eigenvalue weighted by atomic mass is 16.6. The third-order valence-electron chi connectivity index (χ3n) is 5.58. The van der Waals surface area contributed by atoms with Crippen molar-refractivity contribution in [2.45, 2.75) is 78.0 Å². The van der Waals surface area contributed by atoms with Crippen molar-refractivity contribution in [3.8, 4) is 0 Å². The molecular weight excluding hydrogens is 480 g/mol. The number of Topliss-reactive ketones (excluding diaryl/α,β-unsaturated/α-hetero) is 1. The first-order chi connectivity index (χ1) is 17.4. The van der Waals surface area contributed by atoms with Gasteiger partial charge in [-0.15, -0.1) is 0 Å². The van der Waals surface area contributed by atoms with Crippen LogP contribution in [0.2, 0.25) is 0 Å². The zero-order valence-corrected chi connectivity index (χ0v) is 22.2. The molecule has 3 atom stereocenters. The monoisotopic (exact) mass is 518 g/mol. The van der Waals surface area contributed by atoms with Crippen LogP contribution in [0.15, 0.2) is 24.5 Å². The molecule has 1 aliphatic heterocycles. The van der Waals surface area contributed by atoms with Gasteiger partial charge in [-0.3, -0.25) is 19.4 Å². The highest BCUT2D eigenvalue weighted by Crippen LogP contribution is 2.19. The van der Waals surface area contributed by atoms with E-state index in [-0.39, 0.29) is 23.8 Å². The number of aromatic nitrogens is 1. The fraction of sp³-hybridized carbons (Fsp3) is 0.615. The second-order valence-electron chi connectivity index (χ2n) is 10.5. The van der Waals surface area contributed by atoms with Crippen molar-refractivity contribution in [1.29, 1.82) is 0 Å². The van der Waals surface area contributed by atoms with E-state index in [1.165, 1.54) is 18.5 Å². The molecule has 37 heavy (non-hydrogen) atoms. The lowest BCUT2D eigenvalue weighted by atomic mass is 9.90. The maximum Gasteiger partial charge on any atom is 0.408 e. The number of pyridine rings is 1. The summed E-state index contributed by atoms with van der Waals surface area (Å²) in [5, 5.41) is 8.03. The lowest BCUT2D eigenvalue weighted by Gasteiger charge is -2.28. The Morgan fingerprint density at radius 2 is 1.89 bits per heavy atom. The number of carbonyl (C=O) groups is 5. The Hall–Kier alpha value is -3.50. The minimum Gasteiger partial charge on any atom is -0.454 e. The summed E-state index contributed by atoms with van der Waals surface area (Å²) in [6.07, 6.45) is 3.71. The quantitative estimate of drug-likeness (QED) is 0.377. The van der Waals surface area contributed by atoms with E-state index in [9.17, 15) is 24.0 Å². The summed E-state index contributed by atoms with van der Waals surface area (Å²) in [4.78, 5) is 67.1. The summed E-state index contributed by atoms with van der Waals surface area (Å²) in [6.45, 7) is 8.87. The topological polar surface area (TPSA) is 153 Å². The highest BCUT2D eigenvalue weighted by molar-refractivity contribution is 5.95. The normalized spacial score (nSPS) is 17.2. The molecule has 3 N–H and O–H groups in total. The van der Waals surface area contributed by atoms with Crippen molar-refractivity contribution in [2.24, 2.45) is 11.8 Å². The molecule has 0 aliphatic carbocycles. The minimum absolute atomic E-state index is 0.0433. The highest BCUT2D eigenvalue weighted by Gasteiger charge is 2.33. The van der Waals surface area contributed by atoms with E-state index < -0.39 is 54.0 Å². The van der Waals surface area contributed by atoms with E-state index >= 15 is 0 Å². The maximum absolute atomic E-state index is 13.2. The van der Waals surface area contributed by atoms with Gasteiger partial charge >= 0.3 is 12.1 Å². The number of esters is 1. The van der Waals surface area contributed by atoms with Gasteiger partial charge in [0.15, 0.2) is 12.4 Å². The van der Waals surface area contributed by atoms with Crippen LogP contribution in [0, 0.1) is 11.8 Å². The number of hydrogen-bond acceptors (Lipinski definition) is 8. The number of amides is 3. The Balaban J connectivity index is 2.14. The third-order valence-corrected chi connectivity index (χ3v) is 5.58. The number of carbonyl (C=O) groups excluding carboxylic acids is 5. The first kappa shape index (κ1) is 29.7. The van der Waals surface area contributed by atoms with Crippen LogP contribution >= 0.6 is 0 Å². The third kappa shape index (κ3) is 10.6. The Kier molecular flexibility index (Phi) is 11.0. The van der Waals surface area contributed by atoms with Gasteiger partial charge in [-0.05, 0) is 64.5 Å². The van der Waals surface area contributed by atoms with Gasteiger partial charge in [0.25, 0.3) is 0 Å². The van der Waals surface area contributed by atoms with Gasteiger partial charge in [0, 0.05) is 24.9 Å². The zero-order chi connectivity index (χ0) is 27.6. The summed E-state index contributed by atoms with van der Waals surface area (Å²) in [6, 6.07) is 1.00. The molecule has 3 amide bonds. The summed E-state index contributed by atoms with van der Waals surface area (Å²) in [5.74, 6) is -2.52. The molecule has 0 radical (unpaired) electrons. The summed E-state index contributed by atoms with van der Waals surface area (Å²) in [5.41, 5.74) is -0.574. The molecule has 0 spiro atoms. The van der Waals surface area contributed by atoms with E-state index in [0.29, 0.717) is 19.4 Å². The molecule has 0 aromatic carbocycles. The van der Waals surface area contributed by atoms with Crippen LogP contribution in [0.25, 0.3) is 0 Å². The van der Waals surface area contributed by atoms with Crippen molar-refractivity contribution < 1.29 is 33.4 Å². The summed E-state index contributed by atoms with van der Waals surface area (Å²) in [7, 11) is 0. The maximum atomic E-state index is 13.2. The SMILES string of the molecule is CC(C)C[C@H](NC(=O)OC(C)(C)C)C(=O)N[C@@H](C[C@@H]1CCCNC1=O)C(=O)COC(=O)c1cccnc1. The van der Waals surface area contributed by atoms with Crippen molar-refractivity contribution in [3.05, 3.63) is 30.1 Å². The number of rotatable bonds is 11. The van der Waals surface area contributed by atoms with Crippen molar-refractivity contribution >= 4 is 29.7 Å². The molecule has 1 aromatic heterocycles. The Bertz CT molecular complexity index is 959. The van der Waals surface area contributed by atoms with E-state index in [1.54, 1.807) is 26.8 Å². The summed E-state index contributed by atoms with van der Waals surface area (Å²) < 4.78 is 10.4. The van der Waals surface area contributed by atoms with Gasteiger partial charge < -0.3 is 25.4 Å². The molecular formula is C26H38N4O7. The number of alkyl carbamates (subject to hydrolysis) is 1. The molecule has 0 bridgehead atoms. The molecule has 11 nitrogen and oxygen atoms in total. The average molecular weight is 519 g/mol. The van der Waals surface area contributed by atoms with Crippen molar-refractivity contribution in [3.63, 3.8) is 0 Å². The van der Waals surface area contributed by atoms with Crippen LogP contribution in [0.4, 0.5) is 4.79 Å². The second-order valence-corrected chi connectivity index (χ2v) is 10.5. The summed E-state index contributed by atoms with van der Waals surface area (Å²) >= 11 is 0. The largest absolute Gasteiger partial charge is 0.454 e. The Labute approximate surface area is 217 Å². The van der Waals surface area contributed by atoms with Crippen molar-refractivity contribution in [1.82, 2.24) is 20.9 Å². The molecule has 204 valence electrons.